The zero-order valence-corrected chi connectivity index (χ0v) is 20.7. The molecule has 5 nitrogen and oxygen atoms in total. The molecule has 1 aliphatic heterocycles. The average Bonchev–Trinajstić information content (AvgIpc) is 2.93. The molecule has 0 bridgehead atoms. The number of benzene rings is 4. The topological polar surface area (TPSA) is 58.6 Å². The highest BCUT2D eigenvalue weighted by molar-refractivity contribution is 14.1. The first-order valence-corrected chi connectivity index (χ1v) is 12.0. The zero-order valence-electron chi connectivity index (χ0n) is 18.6. The Morgan fingerprint density at radius 2 is 1.64 bits per heavy atom. The molecular weight excluding hydrogens is 584 g/mol. The lowest BCUT2D eigenvalue weighted by molar-refractivity contribution is -0.274. The number of hydrogen-bond acceptors (Lipinski definition) is 3. The summed E-state index contributed by atoms with van der Waals surface area (Å²) in [6.07, 6.45) is -4.84. The molecule has 0 fully saturated rings. The minimum atomic E-state index is -4.84. The van der Waals surface area contributed by atoms with E-state index >= 15 is 0 Å². The summed E-state index contributed by atoms with van der Waals surface area (Å²) < 4.78 is 42.7. The molecule has 1 aliphatic rings. The molecule has 0 saturated heterocycles. The van der Waals surface area contributed by atoms with Gasteiger partial charge in [0, 0.05) is 10.1 Å². The predicted molar refractivity (Wildman–Crippen MR) is 137 cm³/mol. The van der Waals surface area contributed by atoms with Gasteiger partial charge in [0.2, 0.25) is 0 Å². The third-order valence-electron chi connectivity index (χ3n) is 5.94. The van der Waals surface area contributed by atoms with E-state index in [1.165, 1.54) is 17.0 Å². The van der Waals surface area contributed by atoms with Crippen molar-refractivity contribution in [2.24, 2.45) is 0 Å². The van der Waals surface area contributed by atoms with Crippen molar-refractivity contribution in [1.82, 2.24) is 4.90 Å². The molecule has 0 radical (unpaired) electrons. The predicted octanol–water partition coefficient (Wildman–Crippen LogP) is 6.68. The van der Waals surface area contributed by atoms with E-state index in [9.17, 15) is 22.8 Å². The molecule has 0 aromatic heterocycles. The Morgan fingerprint density at radius 1 is 0.917 bits per heavy atom. The fourth-order valence-corrected chi connectivity index (χ4v) is 4.87. The van der Waals surface area contributed by atoms with Gasteiger partial charge in [-0.25, -0.2) is 0 Å². The van der Waals surface area contributed by atoms with Gasteiger partial charge in [0.25, 0.3) is 11.8 Å². The molecule has 182 valence electrons. The van der Waals surface area contributed by atoms with Crippen LogP contribution in [0, 0.1) is 3.57 Å². The minimum absolute atomic E-state index is 0.115. The largest absolute Gasteiger partial charge is 0.573 e. The second-order valence-electron chi connectivity index (χ2n) is 8.27. The molecule has 2 amide bonds. The third kappa shape index (κ3) is 4.88. The van der Waals surface area contributed by atoms with E-state index in [0.29, 0.717) is 16.8 Å². The van der Waals surface area contributed by atoms with Gasteiger partial charge < -0.3 is 15.0 Å². The Kier molecular flexibility index (Phi) is 6.33. The lowest BCUT2D eigenvalue weighted by Gasteiger charge is -2.29. The SMILES string of the molecule is O=C1Nc2ccc(I)cc2C(=O)N(Cc2cccc3ccccc23)C1c1ccc(OC(F)(F)F)cc1. The maximum atomic E-state index is 13.9. The summed E-state index contributed by atoms with van der Waals surface area (Å²) in [6, 6.07) is 22.6. The number of anilines is 1. The maximum absolute atomic E-state index is 13.9. The summed E-state index contributed by atoms with van der Waals surface area (Å²) in [6.45, 7) is 0.115. The van der Waals surface area contributed by atoms with E-state index in [0.717, 1.165) is 32.0 Å². The lowest BCUT2D eigenvalue weighted by Crippen LogP contribution is -2.38. The van der Waals surface area contributed by atoms with E-state index < -0.39 is 24.1 Å². The lowest BCUT2D eigenvalue weighted by atomic mass is 10.0. The summed E-state index contributed by atoms with van der Waals surface area (Å²) in [5.41, 5.74) is 1.92. The van der Waals surface area contributed by atoms with E-state index in [2.05, 4.69) is 32.6 Å². The van der Waals surface area contributed by atoms with Crippen LogP contribution in [-0.2, 0) is 11.3 Å². The van der Waals surface area contributed by atoms with Crippen LogP contribution < -0.4 is 10.1 Å². The van der Waals surface area contributed by atoms with Crippen LogP contribution in [0.25, 0.3) is 10.8 Å². The number of alkyl halides is 3. The van der Waals surface area contributed by atoms with Crippen molar-refractivity contribution in [2.45, 2.75) is 18.9 Å². The summed E-state index contributed by atoms with van der Waals surface area (Å²) >= 11 is 2.10. The number of rotatable bonds is 4. The Labute approximate surface area is 218 Å². The van der Waals surface area contributed by atoms with Gasteiger partial charge in [0.15, 0.2) is 0 Å². The molecule has 0 saturated carbocycles. The van der Waals surface area contributed by atoms with Crippen LogP contribution in [0.5, 0.6) is 5.75 Å². The molecular formula is C27H18F3IN2O3. The Hall–Kier alpha value is -3.60. The van der Waals surface area contributed by atoms with Crippen molar-refractivity contribution >= 4 is 50.9 Å². The first-order chi connectivity index (χ1) is 17.2. The first-order valence-electron chi connectivity index (χ1n) is 10.9. The monoisotopic (exact) mass is 602 g/mol. The summed E-state index contributed by atoms with van der Waals surface area (Å²) in [5.74, 6) is -1.24. The van der Waals surface area contributed by atoms with Crippen molar-refractivity contribution < 1.29 is 27.5 Å². The van der Waals surface area contributed by atoms with Crippen molar-refractivity contribution in [3.8, 4) is 5.75 Å². The second-order valence-corrected chi connectivity index (χ2v) is 9.52. The van der Waals surface area contributed by atoms with Crippen molar-refractivity contribution in [3.05, 3.63) is 105 Å². The standard InChI is InChI=1S/C27H18F3IN2O3/c28-27(29,30)36-20-11-8-17(9-12-20)24-25(34)32-23-13-10-19(31)14-22(23)26(35)33(24)15-18-6-3-5-16-4-1-2-7-21(16)18/h1-14,24H,15H2,(H,32,34). The molecule has 1 N–H and O–H groups in total. The van der Waals surface area contributed by atoms with Crippen molar-refractivity contribution in [1.29, 1.82) is 0 Å². The molecule has 1 heterocycles. The van der Waals surface area contributed by atoms with Gasteiger partial charge in [0.05, 0.1) is 11.3 Å². The molecule has 9 heteroatoms. The van der Waals surface area contributed by atoms with Crippen LogP contribution in [-0.4, -0.2) is 23.1 Å². The molecule has 4 aromatic rings. The smallest absolute Gasteiger partial charge is 0.406 e. The van der Waals surface area contributed by atoms with Crippen molar-refractivity contribution in [3.63, 3.8) is 0 Å². The highest BCUT2D eigenvalue weighted by Gasteiger charge is 2.37. The Morgan fingerprint density at radius 3 is 2.39 bits per heavy atom. The van der Waals surface area contributed by atoms with E-state index in [-0.39, 0.29) is 12.5 Å². The first kappa shape index (κ1) is 24.1. The Balaban J connectivity index is 1.61. The van der Waals surface area contributed by atoms with Gasteiger partial charge in [-0.05, 0) is 74.8 Å². The number of carbonyl (C=O) groups excluding carboxylic acids is 2. The number of fused-ring (bicyclic) bond motifs is 2. The van der Waals surface area contributed by atoms with Gasteiger partial charge in [-0.1, -0.05) is 54.6 Å². The number of halogens is 4. The molecule has 0 spiro atoms. The van der Waals surface area contributed by atoms with E-state index in [1.54, 1.807) is 18.2 Å². The third-order valence-corrected chi connectivity index (χ3v) is 6.61. The van der Waals surface area contributed by atoms with Gasteiger partial charge in [-0.3, -0.25) is 9.59 Å². The molecule has 5 rings (SSSR count). The number of nitrogens with zero attached hydrogens (tertiary/aromatic N) is 1. The minimum Gasteiger partial charge on any atom is -0.406 e. The number of amides is 2. The zero-order chi connectivity index (χ0) is 25.4. The molecule has 4 aromatic carbocycles. The van der Waals surface area contributed by atoms with Gasteiger partial charge in [-0.2, -0.15) is 0 Å². The Bertz CT molecular complexity index is 1470. The number of ether oxygens (including phenoxy) is 1. The molecule has 36 heavy (non-hydrogen) atoms. The number of nitrogens with one attached hydrogen (secondary N) is 1. The van der Waals surface area contributed by atoms with Crippen LogP contribution in [0.15, 0.2) is 84.9 Å². The summed E-state index contributed by atoms with van der Waals surface area (Å²) in [4.78, 5) is 28.8. The van der Waals surface area contributed by atoms with Crippen molar-refractivity contribution in [2.75, 3.05) is 5.32 Å². The van der Waals surface area contributed by atoms with E-state index in [1.807, 2.05) is 42.5 Å². The fourth-order valence-electron chi connectivity index (χ4n) is 4.38. The molecule has 1 unspecified atom stereocenters. The van der Waals surface area contributed by atoms with E-state index in [4.69, 9.17) is 0 Å². The maximum Gasteiger partial charge on any atom is 0.573 e. The van der Waals surface area contributed by atoms with Gasteiger partial charge in [0.1, 0.15) is 11.8 Å². The van der Waals surface area contributed by atoms with Crippen LogP contribution in [0.1, 0.15) is 27.5 Å². The van der Waals surface area contributed by atoms with Crippen LogP contribution in [0.4, 0.5) is 18.9 Å². The average molecular weight is 602 g/mol. The normalized spacial score (nSPS) is 15.9. The highest BCUT2D eigenvalue weighted by Crippen LogP contribution is 2.35. The molecule has 1 atom stereocenters. The van der Waals surface area contributed by atoms with Crippen LogP contribution in [0.2, 0.25) is 0 Å². The highest BCUT2D eigenvalue weighted by atomic mass is 127. The van der Waals surface area contributed by atoms with Gasteiger partial charge >= 0.3 is 6.36 Å². The summed E-state index contributed by atoms with van der Waals surface area (Å²) in [7, 11) is 0. The fraction of sp³-hybridized carbons (Fsp3) is 0.111. The summed E-state index contributed by atoms with van der Waals surface area (Å²) in [5, 5.41) is 4.74. The van der Waals surface area contributed by atoms with Crippen LogP contribution >= 0.6 is 22.6 Å². The molecule has 0 aliphatic carbocycles. The van der Waals surface area contributed by atoms with Gasteiger partial charge in [-0.15, -0.1) is 13.2 Å². The second kappa shape index (κ2) is 9.45. The number of carbonyl (C=O) groups is 2. The quantitative estimate of drug-likeness (QED) is 0.266. The van der Waals surface area contributed by atoms with Crippen LogP contribution in [0.3, 0.4) is 0 Å². The number of hydrogen-bond donors (Lipinski definition) is 1.